The van der Waals surface area contributed by atoms with Crippen molar-refractivity contribution >= 4 is 10.9 Å². The van der Waals surface area contributed by atoms with E-state index in [2.05, 4.69) is 36.6 Å². The zero-order chi connectivity index (χ0) is 12.4. The van der Waals surface area contributed by atoms with Crippen molar-refractivity contribution in [2.45, 2.75) is 26.3 Å². The summed E-state index contributed by atoms with van der Waals surface area (Å²) in [5, 5.41) is 1.22. The van der Waals surface area contributed by atoms with Crippen molar-refractivity contribution in [2.24, 2.45) is 5.73 Å². The summed E-state index contributed by atoms with van der Waals surface area (Å²) in [7, 11) is 1.70. The quantitative estimate of drug-likeness (QED) is 0.880. The van der Waals surface area contributed by atoms with Gasteiger partial charge < -0.3 is 15.0 Å². The Bertz CT molecular complexity index is 514. The van der Waals surface area contributed by atoms with E-state index < -0.39 is 0 Å². The Morgan fingerprint density at radius 3 is 2.65 bits per heavy atom. The summed E-state index contributed by atoms with van der Waals surface area (Å²) in [6, 6.07) is 8.86. The molecule has 0 saturated heterocycles. The van der Waals surface area contributed by atoms with Crippen LogP contribution in [0.25, 0.3) is 10.9 Å². The second-order valence-electron chi connectivity index (χ2n) is 4.56. The number of hydrogen-bond acceptors (Lipinski definition) is 2. The van der Waals surface area contributed by atoms with Gasteiger partial charge in [0.05, 0.1) is 7.11 Å². The maximum atomic E-state index is 5.67. The highest BCUT2D eigenvalue weighted by atomic mass is 16.5. The molecule has 3 heteroatoms. The molecule has 2 N–H and O–H groups in total. The van der Waals surface area contributed by atoms with E-state index in [0.717, 1.165) is 12.2 Å². The van der Waals surface area contributed by atoms with Crippen molar-refractivity contribution in [1.29, 1.82) is 0 Å². The van der Waals surface area contributed by atoms with Gasteiger partial charge in [0.15, 0.2) is 0 Å². The van der Waals surface area contributed by atoms with Crippen LogP contribution in [0.3, 0.4) is 0 Å². The van der Waals surface area contributed by atoms with E-state index in [1.807, 2.05) is 6.07 Å². The zero-order valence-electron chi connectivity index (χ0n) is 10.7. The second-order valence-corrected chi connectivity index (χ2v) is 4.56. The van der Waals surface area contributed by atoms with Crippen LogP contribution in [0.4, 0.5) is 0 Å². The third kappa shape index (κ3) is 2.15. The van der Waals surface area contributed by atoms with E-state index in [-0.39, 0.29) is 0 Å². The number of nitrogens with two attached hydrogens (primary N) is 1. The van der Waals surface area contributed by atoms with Crippen molar-refractivity contribution in [1.82, 2.24) is 4.57 Å². The highest BCUT2D eigenvalue weighted by Gasteiger charge is 2.11. The first-order valence-electron chi connectivity index (χ1n) is 6.05. The molecule has 0 fully saturated rings. The van der Waals surface area contributed by atoms with Crippen LogP contribution in [-0.2, 0) is 6.42 Å². The van der Waals surface area contributed by atoms with Gasteiger partial charge in [0.1, 0.15) is 5.75 Å². The van der Waals surface area contributed by atoms with Gasteiger partial charge in [-0.2, -0.15) is 0 Å². The van der Waals surface area contributed by atoms with Crippen LogP contribution in [0.1, 0.15) is 25.6 Å². The zero-order valence-corrected chi connectivity index (χ0v) is 10.7. The van der Waals surface area contributed by atoms with E-state index in [4.69, 9.17) is 10.5 Å². The SMILES string of the molecule is COc1ccc2c(c1)cc(CCN)n2C(C)C. The predicted molar refractivity (Wildman–Crippen MR) is 71.6 cm³/mol. The minimum atomic E-state index is 0.447. The molecule has 0 aliphatic rings. The lowest BCUT2D eigenvalue weighted by Gasteiger charge is -2.14. The molecule has 0 atom stereocenters. The Morgan fingerprint density at radius 2 is 2.06 bits per heavy atom. The van der Waals surface area contributed by atoms with Crippen molar-refractivity contribution in [3.8, 4) is 5.75 Å². The Kier molecular flexibility index (Phi) is 3.38. The van der Waals surface area contributed by atoms with Gasteiger partial charge in [-0.25, -0.2) is 0 Å². The van der Waals surface area contributed by atoms with Gasteiger partial charge in [-0.15, -0.1) is 0 Å². The maximum Gasteiger partial charge on any atom is 0.119 e. The average Bonchev–Trinajstić information content (AvgIpc) is 2.66. The lowest BCUT2D eigenvalue weighted by molar-refractivity contribution is 0.415. The summed E-state index contributed by atoms with van der Waals surface area (Å²) in [4.78, 5) is 0. The summed E-state index contributed by atoms with van der Waals surface area (Å²) in [6.45, 7) is 5.08. The van der Waals surface area contributed by atoms with Gasteiger partial charge in [-0.1, -0.05) is 0 Å². The summed E-state index contributed by atoms with van der Waals surface area (Å²) >= 11 is 0. The van der Waals surface area contributed by atoms with Gasteiger partial charge in [0, 0.05) is 22.6 Å². The monoisotopic (exact) mass is 232 g/mol. The second kappa shape index (κ2) is 4.80. The average molecular weight is 232 g/mol. The molecular formula is C14H20N2O. The number of fused-ring (bicyclic) bond motifs is 1. The topological polar surface area (TPSA) is 40.2 Å². The number of rotatable bonds is 4. The van der Waals surface area contributed by atoms with Crippen LogP contribution in [0.15, 0.2) is 24.3 Å². The van der Waals surface area contributed by atoms with Gasteiger partial charge in [-0.05, 0) is 51.1 Å². The maximum absolute atomic E-state index is 5.67. The third-order valence-corrected chi connectivity index (χ3v) is 3.04. The van der Waals surface area contributed by atoms with Gasteiger partial charge in [-0.3, -0.25) is 0 Å². The molecule has 2 aromatic rings. The van der Waals surface area contributed by atoms with Crippen molar-refractivity contribution in [3.05, 3.63) is 30.0 Å². The molecule has 0 aliphatic heterocycles. The predicted octanol–water partition coefficient (Wildman–Crippen LogP) is 2.73. The van der Waals surface area contributed by atoms with E-state index in [0.29, 0.717) is 12.6 Å². The standard InChI is InChI=1S/C14H20N2O/c1-10(2)16-12(6-7-15)8-11-9-13(17-3)4-5-14(11)16/h4-5,8-10H,6-7,15H2,1-3H3. The Balaban J connectivity index is 2.61. The van der Waals surface area contributed by atoms with Crippen molar-refractivity contribution in [2.75, 3.05) is 13.7 Å². The van der Waals surface area contributed by atoms with E-state index >= 15 is 0 Å². The number of aromatic nitrogens is 1. The summed E-state index contributed by atoms with van der Waals surface area (Å²) < 4.78 is 7.61. The van der Waals surface area contributed by atoms with Crippen LogP contribution < -0.4 is 10.5 Å². The molecule has 3 nitrogen and oxygen atoms in total. The largest absolute Gasteiger partial charge is 0.497 e. The first kappa shape index (κ1) is 12.0. The lowest BCUT2D eigenvalue weighted by Crippen LogP contribution is -2.10. The molecule has 2 rings (SSSR count). The molecule has 0 spiro atoms. The van der Waals surface area contributed by atoms with E-state index in [1.54, 1.807) is 7.11 Å². The molecule has 0 bridgehead atoms. The van der Waals surface area contributed by atoms with Crippen LogP contribution in [0.2, 0.25) is 0 Å². The van der Waals surface area contributed by atoms with Gasteiger partial charge in [0.25, 0.3) is 0 Å². The van der Waals surface area contributed by atoms with Crippen LogP contribution >= 0.6 is 0 Å². The minimum Gasteiger partial charge on any atom is -0.497 e. The van der Waals surface area contributed by atoms with Gasteiger partial charge in [0.2, 0.25) is 0 Å². The van der Waals surface area contributed by atoms with E-state index in [9.17, 15) is 0 Å². The summed E-state index contributed by atoms with van der Waals surface area (Å²) in [5.41, 5.74) is 8.22. The normalized spacial score (nSPS) is 11.4. The number of methoxy groups -OCH3 is 1. The molecule has 92 valence electrons. The highest BCUT2D eigenvalue weighted by molar-refractivity contribution is 5.83. The van der Waals surface area contributed by atoms with Crippen molar-refractivity contribution < 1.29 is 4.74 Å². The van der Waals surface area contributed by atoms with Crippen LogP contribution in [-0.4, -0.2) is 18.2 Å². The smallest absolute Gasteiger partial charge is 0.119 e. The highest BCUT2D eigenvalue weighted by Crippen LogP contribution is 2.27. The molecule has 0 saturated carbocycles. The van der Waals surface area contributed by atoms with E-state index in [1.165, 1.54) is 16.6 Å². The Morgan fingerprint density at radius 1 is 1.29 bits per heavy atom. The van der Waals surface area contributed by atoms with Crippen LogP contribution in [0, 0.1) is 0 Å². The first-order chi connectivity index (χ1) is 8.17. The third-order valence-electron chi connectivity index (χ3n) is 3.04. The number of benzene rings is 1. The molecule has 1 heterocycles. The molecule has 1 aromatic heterocycles. The van der Waals surface area contributed by atoms with Gasteiger partial charge >= 0.3 is 0 Å². The molecule has 1 aromatic carbocycles. The molecule has 0 unspecified atom stereocenters. The summed E-state index contributed by atoms with van der Waals surface area (Å²) in [5.74, 6) is 0.901. The minimum absolute atomic E-state index is 0.447. The molecule has 0 amide bonds. The Hall–Kier alpha value is -1.48. The number of nitrogens with zero attached hydrogens (tertiary/aromatic N) is 1. The Labute approximate surface area is 102 Å². The fourth-order valence-corrected chi connectivity index (χ4v) is 2.35. The first-order valence-corrected chi connectivity index (χ1v) is 6.05. The van der Waals surface area contributed by atoms with Crippen LogP contribution in [0.5, 0.6) is 5.75 Å². The number of hydrogen-bond donors (Lipinski definition) is 1. The fourth-order valence-electron chi connectivity index (χ4n) is 2.35. The molecular weight excluding hydrogens is 212 g/mol. The summed E-state index contributed by atoms with van der Waals surface area (Å²) in [6.07, 6.45) is 0.912. The fraction of sp³-hybridized carbons (Fsp3) is 0.429. The molecule has 0 radical (unpaired) electrons. The lowest BCUT2D eigenvalue weighted by atomic mass is 10.2. The number of ether oxygens (including phenoxy) is 1. The molecule has 17 heavy (non-hydrogen) atoms. The molecule has 0 aliphatic carbocycles. The van der Waals surface area contributed by atoms with Crippen molar-refractivity contribution in [3.63, 3.8) is 0 Å².